The Morgan fingerprint density at radius 3 is 1.77 bits per heavy atom. The van der Waals surface area contributed by atoms with Gasteiger partial charge >= 0.3 is 41.8 Å². The Bertz CT molecular complexity index is 1540. The van der Waals surface area contributed by atoms with E-state index in [1.54, 1.807) is 6.92 Å². The lowest BCUT2D eigenvalue weighted by molar-refractivity contribution is -0.272. The molecule has 0 radical (unpaired) electrons. The highest BCUT2D eigenvalue weighted by Gasteiger charge is 2.78. The summed E-state index contributed by atoms with van der Waals surface area (Å²) in [5.74, 6) is -4.52. The zero-order valence-electron chi connectivity index (χ0n) is 34.4. The molecule has 5 rings (SSSR count). The fraction of sp³-hybridized carbons (Fsp3) is 0.825. The van der Waals surface area contributed by atoms with Crippen LogP contribution in [0.1, 0.15) is 114 Å². The summed E-state index contributed by atoms with van der Waals surface area (Å²) in [5, 5.41) is 0. The van der Waals surface area contributed by atoms with Crippen molar-refractivity contribution in [1.82, 2.24) is 0 Å². The predicted molar refractivity (Wildman–Crippen MR) is 192 cm³/mol. The molecule has 5 fully saturated rings. The van der Waals surface area contributed by atoms with Crippen molar-refractivity contribution in [3.05, 3.63) is 0 Å². The second-order valence-corrected chi connectivity index (χ2v) is 16.8. The Labute approximate surface area is 332 Å². The number of carbonyl (C=O) groups excluding carboxylic acids is 7. The molecule has 2 aliphatic carbocycles. The van der Waals surface area contributed by atoms with Gasteiger partial charge in [0.2, 0.25) is 6.29 Å². The fourth-order valence-electron chi connectivity index (χ4n) is 10.0. The van der Waals surface area contributed by atoms with E-state index >= 15 is 0 Å². The number of esters is 7. The first-order valence-electron chi connectivity index (χ1n) is 19.9. The molecule has 3 saturated heterocycles. The standard InChI is InChI=1S/C40H58O17/c1-20-10-32(54-26(7)43)40(19-48-33(45)11-22(3)51-35(47)13-23(4)52-34(46)12-21(2)50-24(5)41)30(16-29(53-25(6)42)17-39(40)18-49-39)38(20,9)31-14-28-15-36(55-27(8)44)57-37(28)56-31/h20-23,28-32,36-37H,10-19H2,1-9H3/t20-,21+,22+,23+,28+,29-,30-,31+,32+,36-,37-,38+,39+,40+/m1/s1. The molecule has 0 bridgehead atoms. The molecule has 1 spiro atoms. The van der Waals surface area contributed by atoms with E-state index in [-0.39, 0.29) is 50.4 Å². The van der Waals surface area contributed by atoms with Crippen LogP contribution >= 0.6 is 0 Å². The van der Waals surface area contributed by atoms with E-state index in [0.717, 1.165) is 0 Å². The van der Waals surface area contributed by atoms with Gasteiger partial charge in [0.1, 0.15) is 42.7 Å². The average molecular weight is 811 g/mol. The third kappa shape index (κ3) is 9.90. The van der Waals surface area contributed by atoms with Crippen molar-refractivity contribution in [1.29, 1.82) is 0 Å². The van der Waals surface area contributed by atoms with Crippen molar-refractivity contribution >= 4 is 41.8 Å². The molecule has 2 saturated carbocycles. The zero-order valence-corrected chi connectivity index (χ0v) is 34.4. The van der Waals surface area contributed by atoms with E-state index in [4.69, 9.17) is 47.4 Å². The molecule has 0 amide bonds. The van der Waals surface area contributed by atoms with E-state index in [1.807, 2.05) is 0 Å². The molecule has 0 aromatic heterocycles. The molecule has 0 unspecified atom stereocenters. The summed E-state index contributed by atoms with van der Waals surface area (Å²) >= 11 is 0. The summed E-state index contributed by atoms with van der Waals surface area (Å²) in [6, 6.07) is 0. The summed E-state index contributed by atoms with van der Waals surface area (Å²) < 4.78 is 58.0. The van der Waals surface area contributed by atoms with Gasteiger partial charge < -0.3 is 47.4 Å². The van der Waals surface area contributed by atoms with Gasteiger partial charge in [0.05, 0.1) is 37.4 Å². The minimum Gasteiger partial charge on any atom is -0.465 e. The molecule has 3 heterocycles. The van der Waals surface area contributed by atoms with Gasteiger partial charge in [-0.15, -0.1) is 0 Å². The van der Waals surface area contributed by atoms with Gasteiger partial charge in [0.15, 0.2) is 6.29 Å². The summed E-state index contributed by atoms with van der Waals surface area (Å²) in [5.41, 5.74) is -2.71. The lowest BCUT2D eigenvalue weighted by Gasteiger charge is -2.64. The SMILES string of the molecule is CC(=O)O[C@@H]1C[C@@H]2[C@@](C)([C@@H]3C[C@H]4C[C@H](OC(C)=O)O[C@H]4O3)[C@H](C)C[C@H](OC(C)=O)[C@@]2(COC(=O)C[C@H](C)OC(=O)C[C@H](C)OC(=O)C[C@H](C)OC(C)=O)[C@@]2(CO2)C1. The topological polar surface area (TPSA) is 215 Å². The molecular weight excluding hydrogens is 752 g/mol. The number of ether oxygens (including phenoxy) is 10. The Morgan fingerprint density at radius 1 is 0.684 bits per heavy atom. The molecule has 17 nitrogen and oxygen atoms in total. The molecule has 320 valence electrons. The van der Waals surface area contributed by atoms with Crippen LogP contribution in [-0.2, 0) is 80.9 Å². The van der Waals surface area contributed by atoms with E-state index in [9.17, 15) is 33.6 Å². The normalized spacial score (nSPS) is 36.6. The van der Waals surface area contributed by atoms with Crippen LogP contribution in [-0.4, -0.2) is 110 Å². The Hall–Kier alpha value is -3.83. The summed E-state index contributed by atoms with van der Waals surface area (Å²) in [7, 11) is 0. The Kier molecular flexibility index (Phi) is 13.6. The molecule has 3 aliphatic heterocycles. The zero-order chi connectivity index (χ0) is 42.0. The van der Waals surface area contributed by atoms with Crippen molar-refractivity contribution < 1.29 is 80.9 Å². The van der Waals surface area contributed by atoms with Crippen LogP contribution in [0.4, 0.5) is 0 Å². The third-order valence-electron chi connectivity index (χ3n) is 12.5. The number of epoxide rings is 1. The van der Waals surface area contributed by atoms with Crippen molar-refractivity contribution in [3.63, 3.8) is 0 Å². The summed E-state index contributed by atoms with van der Waals surface area (Å²) in [6.07, 6.45) is -4.02. The molecule has 14 atom stereocenters. The smallest absolute Gasteiger partial charge is 0.309 e. The first kappa shape index (κ1) is 44.3. The second kappa shape index (κ2) is 17.6. The van der Waals surface area contributed by atoms with E-state index < -0.39 is 107 Å². The average Bonchev–Trinajstić information content (AvgIpc) is 3.56. The summed E-state index contributed by atoms with van der Waals surface area (Å²) in [4.78, 5) is 86.3. The largest absolute Gasteiger partial charge is 0.465 e. The number of carbonyl (C=O) groups is 7. The number of hydrogen-bond acceptors (Lipinski definition) is 17. The maximum absolute atomic E-state index is 13.6. The predicted octanol–water partition coefficient (Wildman–Crippen LogP) is 3.63. The number of fused-ring (bicyclic) bond motifs is 3. The maximum Gasteiger partial charge on any atom is 0.309 e. The number of rotatable bonds is 15. The van der Waals surface area contributed by atoms with Crippen LogP contribution in [0.25, 0.3) is 0 Å². The molecule has 0 N–H and O–H groups in total. The Morgan fingerprint density at radius 2 is 1.25 bits per heavy atom. The monoisotopic (exact) mass is 810 g/mol. The molecular formula is C40H58O17. The van der Waals surface area contributed by atoms with Crippen LogP contribution < -0.4 is 0 Å². The van der Waals surface area contributed by atoms with Crippen molar-refractivity contribution in [2.75, 3.05) is 13.2 Å². The van der Waals surface area contributed by atoms with Gasteiger partial charge in [-0.3, -0.25) is 33.6 Å². The highest BCUT2D eigenvalue weighted by atomic mass is 16.8. The van der Waals surface area contributed by atoms with Gasteiger partial charge in [0, 0.05) is 51.9 Å². The first-order valence-corrected chi connectivity index (χ1v) is 19.9. The third-order valence-corrected chi connectivity index (χ3v) is 12.5. The molecule has 0 aromatic rings. The lowest BCUT2D eigenvalue weighted by Crippen LogP contribution is -2.70. The van der Waals surface area contributed by atoms with Crippen molar-refractivity contribution in [2.45, 2.75) is 168 Å². The molecule has 17 heteroatoms. The van der Waals surface area contributed by atoms with Crippen LogP contribution in [0, 0.1) is 28.6 Å². The molecule has 57 heavy (non-hydrogen) atoms. The van der Waals surface area contributed by atoms with E-state index in [0.29, 0.717) is 32.1 Å². The second-order valence-electron chi connectivity index (χ2n) is 16.8. The number of hydrogen-bond donors (Lipinski definition) is 0. The molecule has 0 aromatic carbocycles. The maximum atomic E-state index is 13.6. The fourth-order valence-corrected chi connectivity index (χ4v) is 10.0. The van der Waals surface area contributed by atoms with Gasteiger partial charge in [-0.05, 0) is 51.9 Å². The van der Waals surface area contributed by atoms with Crippen LogP contribution in [0.2, 0.25) is 0 Å². The van der Waals surface area contributed by atoms with Gasteiger partial charge in [-0.1, -0.05) is 13.8 Å². The van der Waals surface area contributed by atoms with Gasteiger partial charge in [0.25, 0.3) is 0 Å². The van der Waals surface area contributed by atoms with E-state index in [1.165, 1.54) is 41.5 Å². The van der Waals surface area contributed by atoms with E-state index in [2.05, 4.69) is 13.8 Å². The van der Waals surface area contributed by atoms with Crippen LogP contribution in [0.5, 0.6) is 0 Å². The van der Waals surface area contributed by atoms with Crippen molar-refractivity contribution in [3.8, 4) is 0 Å². The lowest BCUT2D eigenvalue weighted by atomic mass is 9.42. The molecule has 5 aliphatic rings. The highest BCUT2D eigenvalue weighted by Crippen LogP contribution is 2.70. The van der Waals surface area contributed by atoms with Gasteiger partial charge in [-0.25, -0.2) is 0 Å². The minimum atomic E-state index is -1.08. The van der Waals surface area contributed by atoms with Crippen LogP contribution in [0.15, 0.2) is 0 Å². The Balaban J connectivity index is 1.31. The highest BCUT2D eigenvalue weighted by molar-refractivity contribution is 5.74. The van der Waals surface area contributed by atoms with Crippen molar-refractivity contribution in [2.24, 2.45) is 28.6 Å². The van der Waals surface area contributed by atoms with Crippen LogP contribution in [0.3, 0.4) is 0 Å². The first-order chi connectivity index (χ1) is 26.7. The quantitative estimate of drug-likeness (QED) is 0.131. The minimum absolute atomic E-state index is 0.0453. The van der Waals surface area contributed by atoms with Gasteiger partial charge in [-0.2, -0.15) is 0 Å². The summed E-state index contributed by atoms with van der Waals surface area (Å²) in [6.45, 7) is 14.1.